The molecule has 0 aromatic heterocycles. The predicted molar refractivity (Wildman–Crippen MR) is 73.2 cm³/mol. The highest BCUT2D eigenvalue weighted by molar-refractivity contribution is 7.89. The number of hydrogen-bond acceptors (Lipinski definition) is 4. The van der Waals surface area contributed by atoms with E-state index in [1.54, 1.807) is 18.2 Å². The van der Waals surface area contributed by atoms with Crippen LogP contribution in [0.15, 0.2) is 35.2 Å². The zero-order valence-electron chi connectivity index (χ0n) is 11.0. The lowest BCUT2D eigenvalue weighted by Gasteiger charge is -2.29. The van der Waals surface area contributed by atoms with E-state index >= 15 is 0 Å². The Kier molecular flexibility index (Phi) is 4.42. The first kappa shape index (κ1) is 15.0. The number of sulfonamides is 1. The summed E-state index contributed by atoms with van der Waals surface area (Å²) in [6, 6.07) is 6.65. The van der Waals surface area contributed by atoms with Crippen molar-refractivity contribution in [2.24, 2.45) is 5.73 Å². The molecule has 110 valence electrons. The zero-order chi connectivity index (χ0) is 14.8. The number of amides is 1. The molecule has 1 saturated heterocycles. The quantitative estimate of drug-likeness (QED) is 0.825. The van der Waals surface area contributed by atoms with E-state index in [4.69, 9.17) is 5.73 Å². The van der Waals surface area contributed by atoms with Gasteiger partial charge in [-0.15, -0.1) is 0 Å². The summed E-state index contributed by atoms with van der Waals surface area (Å²) < 4.78 is 26.2. The van der Waals surface area contributed by atoms with E-state index in [-0.39, 0.29) is 11.4 Å². The first-order chi connectivity index (χ1) is 9.44. The number of hydrogen-bond donors (Lipinski definition) is 2. The molecule has 2 rings (SSSR count). The van der Waals surface area contributed by atoms with Crippen LogP contribution >= 0.6 is 0 Å². The number of aliphatic hydroxyl groups excluding tert-OH is 1. The van der Waals surface area contributed by atoms with Gasteiger partial charge in [0.2, 0.25) is 15.9 Å². The molecule has 0 spiro atoms. The van der Waals surface area contributed by atoms with Gasteiger partial charge in [0.05, 0.1) is 11.0 Å². The van der Waals surface area contributed by atoms with E-state index in [0.717, 1.165) is 4.31 Å². The van der Waals surface area contributed by atoms with E-state index in [0.29, 0.717) is 19.3 Å². The van der Waals surface area contributed by atoms with Gasteiger partial charge < -0.3 is 10.8 Å². The minimum atomic E-state index is -3.84. The Morgan fingerprint density at radius 3 is 2.50 bits per heavy atom. The smallest absolute Gasteiger partial charge is 0.243 e. The fraction of sp³-hybridized carbons (Fsp3) is 0.462. The summed E-state index contributed by atoms with van der Waals surface area (Å²) in [5.41, 5.74) is 5.29. The minimum absolute atomic E-state index is 0.0975. The van der Waals surface area contributed by atoms with Crippen LogP contribution in [-0.2, 0) is 14.8 Å². The second kappa shape index (κ2) is 5.90. The van der Waals surface area contributed by atoms with Crippen LogP contribution in [0.3, 0.4) is 0 Å². The summed E-state index contributed by atoms with van der Waals surface area (Å²) in [6.07, 6.45) is 0.557. The zero-order valence-corrected chi connectivity index (χ0v) is 11.8. The monoisotopic (exact) mass is 298 g/mol. The van der Waals surface area contributed by atoms with Crippen molar-refractivity contribution in [3.8, 4) is 0 Å². The summed E-state index contributed by atoms with van der Waals surface area (Å²) in [6.45, 7) is 0.182. The van der Waals surface area contributed by atoms with Gasteiger partial charge in [0.15, 0.2) is 0 Å². The van der Waals surface area contributed by atoms with Gasteiger partial charge in [-0.2, -0.15) is 4.31 Å². The third-order valence-corrected chi connectivity index (χ3v) is 5.34. The van der Waals surface area contributed by atoms with Crippen LogP contribution in [0.25, 0.3) is 0 Å². The summed E-state index contributed by atoms with van der Waals surface area (Å²) in [5.74, 6) is -0.820. The standard InChI is InChI=1S/C13H18N2O4S/c14-13(17)12-11(16)8-4-5-9-15(12)20(18,19)10-6-2-1-3-7-10/h1-3,6-7,11-12,16H,4-5,8-9H2,(H2,14,17). The van der Waals surface area contributed by atoms with Gasteiger partial charge in [-0.05, 0) is 31.4 Å². The van der Waals surface area contributed by atoms with E-state index in [1.165, 1.54) is 12.1 Å². The van der Waals surface area contributed by atoms with E-state index in [2.05, 4.69) is 0 Å². The summed E-state index contributed by atoms with van der Waals surface area (Å²) in [7, 11) is -3.84. The van der Waals surface area contributed by atoms with E-state index in [9.17, 15) is 18.3 Å². The van der Waals surface area contributed by atoms with Crippen molar-refractivity contribution in [3.63, 3.8) is 0 Å². The van der Waals surface area contributed by atoms with Crippen molar-refractivity contribution in [1.29, 1.82) is 0 Å². The third-order valence-electron chi connectivity index (χ3n) is 3.44. The second-order valence-corrected chi connectivity index (χ2v) is 6.73. The van der Waals surface area contributed by atoms with Crippen molar-refractivity contribution < 1.29 is 18.3 Å². The molecule has 1 fully saturated rings. The number of aliphatic hydroxyl groups is 1. The number of nitrogens with two attached hydrogens (primary N) is 1. The molecule has 1 aromatic carbocycles. The molecule has 1 aliphatic rings. The molecule has 1 aromatic rings. The van der Waals surface area contributed by atoms with Gasteiger partial charge in [-0.3, -0.25) is 4.79 Å². The maximum Gasteiger partial charge on any atom is 0.243 e. The summed E-state index contributed by atoms with van der Waals surface area (Å²) in [4.78, 5) is 11.7. The Balaban J connectivity index is 2.44. The molecule has 2 unspecified atom stereocenters. The predicted octanol–water partition coefficient (Wildman–Crippen LogP) is 0.0760. The minimum Gasteiger partial charge on any atom is -0.391 e. The summed E-state index contributed by atoms with van der Waals surface area (Å²) >= 11 is 0. The highest BCUT2D eigenvalue weighted by atomic mass is 32.2. The number of benzene rings is 1. The first-order valence-electron chi connectivity index (χ1n) is 6.49. The molecular formula is C13H18N2O4S. The maximum atomic E-state index is 12.6. The number of primary amides is 1. The highest BCUT2D eigenvalue weighted by Crippen LogP contribution is 2.24. The number of rotatable bonds is 3. The maximum absolute atomic E-state index is 12.6. The van der Waals surface area contributed by atoms with Crippen LogP contribution < -0.4 is 5.73 Å². The van der Waals surface area contributed by atoms with Gasteiger partial charge in [0.25, 0.3) is 0 Å². The van der Waals surface area contributed by atoms with Gasteiger partial charge in [0.1, 0.15) is 6.04 Å². The Bertz CT molecular complexity index is 573. The molecule has 3 N–H and O–H groups in total. The average molecular weight is 298 g/mol. The highest BCUT2D eigenvalue weighted by Gasteiger charge is 2.40. The molecule has 20 heavy (non-hydrogen) atoms. The van der Waals surface area contributed by atoms with Crippen molar-refractivity contribution >= 4 is 15.9 Å². The number of nitrogens with zero attached hydrogens (tertiary/aromatic N) is 1. The fourth-order valence-corrected chi connectivity index (χ4v) is 4.12. The molecule has 7 heteroatoms. The van der Waals surface area contributed by atoms with Gasteiger partial charge in [-0.25, -0.2) is 8.42 Å². The average Bonchev–Trinajstić information content (AvgIpc) is 2.62. The largest absolute Gasteiger partial charge is 0.391 e. The number of carbonyl (C=O) groups excluding carboxylic acids is 1. The van der Waals surface area contributed by atoms with Crippen LogP contribution in [-0.4, -0.2) is 42.4 Å². The lowest BCUT2D eigenvalue weighted by molar-refractivity contribution is -0.124. The Hall–Kier alpha value is -1.44. The van der Waals surface area contributed by atoms with Crippen molar-refractivity contribution in [2.45, 2.75) is 36.3 Å². The number of carbonyl (C=O) groups is 1. The molecule has 0 radical (unpaired) electrons. The van der Waals surface area contributed by atoms with Crippen LogP contribution in [0.5, 0.6) is 0 Å². The van der Waals surface area contributed by atoms with Crippen LogP contribution in [0.4, 0.5) is 0 Å². The fourth-order valence-electron chi connectivity index (χ4n) is 2.44. The molecule has 0 aliphatic carbocycles. The first-order valence-corrected chi connectivity index (χ1v) is 7.93. The molecule has 6 nitrogen and oxygen atoms in total. The van der Waals surface area contributed by atoms with Gasteiger partial charge in [0, 0.05) is 6.54 Å². The van der Waals surface area contributed by atoms with E-state index < -0.39 is 28.1 Å². The molecular weight excluding hydrogens is 280 g/mol. The Morgan fingerprint density at radius 2 is 1.90 bits per heavy atom. The van der Waals surface area contributed by atoms with E-state index in [1.807, 2.05) is 0 Å². The summed E-state index contributed by atoms with van der Waals surface area (Å²) in [5, 5.41) is 9.99. The van der Waals surface area contributed by atoms with Crippen LogP contribution in [0.2, 0.25) is 0 Å². The molecule has 1 heterocycles. The van der Waals surface area contributed by atoms with Crippen molar-refractivity contribution in [3.05, 3.63) is 30.3 Å². The second-order valence-electron chi connectivity index (χ2n) is 4.84. The lowest BCUT2D eigenvalue weighted by atomic mass is 10.1. The van der Waals surface area contributed by atoms with Crippen molar-refractivity contribution in [1.82, 2.24) is 4.31 Å². The van der Waals surface area contributed by atoms with Crippen LogP contribution in [0, 0.1) is 0 Å². The van der Waals surface area contributed by atoms with Gasteiger partial charge >= 0.3 is 0 Å². The SMILES string of the molecule is NC(=O)C1C(O)CCCCN1S(=O)(=O)c1ccccc1. The lowest BCUT2D eigenvalue weighted by Crippen LogP contribution is -2.53. The molecule has 2 atom stereocenters. The normalized spacial score (nSPS) is 25.1. The van der Waals surface area contributed by atoms with Crippen LogP contribution in [0.1, 0.15) is 19.3 Å². The Labute approximate surface area is 118 Å². The Morgan fingerprint density at radius 1 is 1.25 bits per heavy atom. The third kappa shape index (κ3) is 2.84. The molecule has 1 aliphatic heterocycles. The molecule has 0 bridgehead atoms. The van der Waals surface area contributed by atoms with Gasteiger partial charge in [-0.1, -0.05) is 18.2 Å². The van der Waals surface area contributed by atoms with Crippen molar-refractivity contribution in [2.75, 3.05) is 6.54 Å². The molecule has 1 amide bonds. The molecule has 0 saturated carbocycles. The topological polar surface area (TPSA) is 101 Å².